The summed E-state index contributed by atoms with van der Waals surface area (Å²) in [6.45, 7) is 5.16. The number of sulfonamides is 1. The minimum atomic E-state index is -4.04. The van der Waals surface area contributed by atoms with Crippen LogP contribution in [0.2, 0.25) is 0 Å². The molecule has 0 radical (unpaired) electrons. The number of esters is 1. The minimum absolute atomic E-state index is 0.0557. The normalized spacial score (nSPS) is 21.3. The summed E-state index contributed by atoms with van der Waals surface area (Å²) in [5.41, 5.74) is 0.386. The van der Waals surface area contributed by atoms with Crippen LogP contribution in [0.25, 0.3) is 0 Å². The van der Waals surface area contributed by atoms with Crippen LogP contribution >= 0.6 is 0 Å². The molecule has 6 nitrogen and oxygen atoms in total. The number of aliphatic hydroxyl groups is 1. The maximum atomic E-state index is 13.8. The molecule has 0 unspecified atom stereocenters. The van der Waals surface area contributed by atoms with E-state index in [0.29, 0.717) is 0 Å². The first-order chi connectivity index (χ1) is 16.6. The van der Waals surface area contributed by atoms with Crippen LogP contribution in [-0.4, -0.2) is 36.4 Å². The van der Waals surface area contributed by atoms with E-state index in [1.54, 1.807) is 24.3 Å². The molecule has 1 saturated carbocycles. The maximum Gasteiger partial charge on any atom is 0.321 e. The van der Waals surface area contributed by atoms with Crippen LogP contribution in [-0.2, 0) is 31.8 Å². The molecule has 4 rings (SSSR count). The van der Waals surface area contributed by atoms with Crippen molar-refractivity contribution >= 4 is 16.0 Å². The molecule has 0 heterocycles. The van der Waals surface area contributed by atoms with Crippen molar-refractivity contribution in [2.75, 3.05) is 6.54 Å². The van der Waals surface area contributed by atoms with Gasteiger partial charge in [0, 0.05) is 11.5 Å². The SMILES string of the molecule is Cc1ccc(S(=O)(=O)N(CC(=O)OCc2ccccc2)[C@H]2C[C@@](O)(c3ccccc3)C2(C)C)cc1. The molecule has 2 atom stereocenters. The molecule has 3 aromatic carbocycles. The molecule has 0 spiro atoms. The molecule has 184 valence electrons. The van der Waals surface area contributed by atoms with E-state index >= 15 is 0 Å². The van der Waals surface area contributed by atoms with Gasteiger partial charge in [-0.15, -0.1) is 0 Å². The summed E-state index contributed by atoms with van der Waals surface area (Å²) in [6, 6.07) is 24.4. The second kappa shape index (κ2) is 9.57. The van der Waals surface area contributed by atoms with Crippen molar-refractivity contribution < 1.29 is 23.1 Å². The second-order valence-corrected chi connectivity index (χ2v) is 11.6. The quantitative estimate of drug-likeness (QED) is 0.470. The van der Waals surface area contributed by atoms with Crippen LogP contribution in [0.1, 0.15) is 37.0 Å². The molecule has 0 bridgehead atoms. The third-order valence-corrected chi connectivity index (χ3v) is 9.01. The summed E-state index contributed by atoms with van der Waals surface area (Å²) in [5, 5.41) is 11.5. The molecule has 1 aliphatic rings. The van der Waals surface area contributed by atoms with Gasteiger partial charge in [-0.05, 0) is 36.6 Å². The van der Waals surface area contributed by atoms with Gasteiger partial charge in [-0.3, -0.25) is 4.79 Å². The Labute approximate surface area is 207 Å². The summed E-state index contributed by atoms with van der Waals surface area (Å²) >= 11 is 0. The van der Waals surface area contributed by atoms with E-state index in [2.05, 4.69) is 0 Å². The number of hydrogen-bond acceptors (Lipinski definition) is 5. The van der Waals surface area contributed by atoms with E-state index in [0.717, 1.165) is 16.7 Å². The highest BCUT2D eigenvalue weighted by Crippen LogP contribution is 2.58. The molecule has 35 heavy (non-hydrogen) atoms. The molecule has 0 amide bonds. The average Bonchev–Trinajstić information content (AvgIpc) is 2.86. The van der Waals surface area contributed by atoms with E-state index in [1.807, 2.05) is 81.4 Å². The predicted octanol–water partition coefficient (Wildman–Crippen LogP) is 4.42. The van der Waals surface area contributed by atoms with E-state index in [9.17, 15) is 18.3 Å². The number of carbonyl (C=O) groups is 1. The number of carbonyl (C=O) groups excluding carboxylic acids is 1. The molecule has 0 saturated heterocycles. The van der Waals surface area contributed by atoms with Crippen LogP contribution in [0.3, 0.4) is 0 Å². The number of rotatable bonds is 8. The van der Waals surface area contributed by atoms with Crippen molar-refractivity contribution in [3.8, 4) is 0 Å². The van der Waals surface area contributed by atoms with Crippen molar-refractivity contribution in [1.82, 2.24) is 4.31 Å². The maximum absolute atomic E-state index is 13.8. The van der Waals surface area contributed by atoms with Crippen molar-refractivity contribution in [2.24, 2.45) is 5.41 Å². The lowest BCUT2D eigenvalue weighted by Crippen LogP contribution is -2.68. The van der Waals surface area contributed by atoms with Crippen LogP contribution in [0.15, 0.2) is 89.8 Å². The first kappa shape index (κ1) is 25.1. The second-order valence-electron chi connectivity index (χ2n) is 9.68. The van der Waals surface area contributed by atoms with Gasteiger partial charge in [-0.25, -0.2) is 8.42 Å². The first-order valence-corrected chi connectivity index (χ1v) is 13.1. The Morgan fingerprint density at radius 2 is 1.54 bits per heavy atom. The summed E-state index contributed by atoms with van der Waals surface area (Å²) in [7, 11) is -4.04. The number of nitrogens with zero attached hydrogens (tertiary/aromatic N) is 1. The topological polar surface area (TPSA) is 83.9 Å². The fourth-order valence-corrected chi connectivity index (χ4v) is 6.43. The smallest absolute Gasteiger partial charge is 0.321 e. The third-order valence-electron chi connectivity index (χ3n) is 7.14. The molecular formula is C28H31NO5S. The largest absolute Gasteiger partial charge is 0.460 e. The highest BCUT2D eigenvalue weighted by molar-refractivity contribution is 7.89. The fourth-order valence-electron chi connectivity index (χ4n) is 4.73. The van der Waals surface area contributed by atoms with Crippen LogP contribution in [0.5, 0.6) is 0 Å². The molecular weight excluding hydrogens is 462 g/mol. The lowest BCUT2D eigenvalue weighted by Gasteiger charge is -2.61. The van der Waals surface area contributed by atoms with Crippen LogP contribution in [0.4, 0.5) is 0 Å². The first-order valence-electron chi connectivity index (χ1n) is 11.6. The van der Waals surface area contributed by atoms with E-state index in [-0.39, 0.29) is 17.9 Å². The number of hydrogen-bond donors (Lipinski definition) is 1. The zero-order chi connectivity index (χ0) is 25.3. The van der Waals surface area contributed by atoms with Gasteiger partial charge in [-0.2, -0.15) is 4.31 Å². The van der Waals surface area contributed by atoms with Gasteiger partial charge in [-0.1, -0.05) is 92.2 Å². The van der Waals surface area contributed by atoms with E-state index < -0.39 is 39.6 Å². The highest BCUT2D eigenvalue weighted by Gasteiger charge is 2.63. The Bertz CT molecular complexity index is 1270. The Kier molecular flexibility index (Phi) is 6.86. The molecule has 1 N–H and O–H groups in total. The lowest BCUT2D eigenvalue weighted by atomic mass is 9.53. The average molecular weight is 494 g/mol. The molecule has 0 aromatic heterocycles. The minimum Gasteiger partial charge on any atom is -0.460 e. The molecule has 3 aromatic rings. The Hall–Kier alpha value is -3.00. The Morgan fingerprint density at radius 3 is 2.11 bits per heavy atom. The van der Waals surface area contributed by atoms with Gasteiger partial charge in [0.25, 0.3) is 0 Å². The van der Waals surface area contributed by atoms with Gasteiger partial charge in [0.15, 0.2) is 0 Å². The fraction of sp³-hybridized carbons (Fsp3) is 0.321. The van der Waals surface area contributed by atoms with Gasteiger partial charge < -0.3 is 9.84 Å². The van der Waals surface area contributed by atoms with Gasteiger partial charge in [0.2, 0.25) is 10.0 Å². The van der Waals surface area contributed by atoms with Gasteiger partial charge in [0.1, 0.15) is 13.2 Å². The summed E-state index contributed by atoms with van der Waals surface area (Å²) in [5.74, 6) is -0.643. The number of ether oxygens (including phenoxy) is 1. The van der Waals surface area contributed by atoms with E-state index in [4.69, 9.17) is 4.74 Å². The standard InChI is InChI=1S/C28H31NO5S/c1-21-14-16-24(17-15-21)35(32,33)29(19-26(30)34-20-22-10-6-4-7-11-22)25-18-28(31,27(25,2)3)23-12-8-5-9-13-23/h4-17,25,31H,18-20H2,1-3H3/t25-,28+/m0/s1. The van der Waals surface area contributed by atoms with Crippen molar-refractivity contribution in [3.05, 3.63) is 102 Å². The summed E-state index contributed by atoms with van der Waals surface area (Å²) < 4.78 is 34.1. The monoisotopic (exact) mass is 493 g/mol. The van der Waals surface area contributed by atoms with Crippen molar-refractivity contribution in [3.63, 3.8) is 0 Å². The van der Waals surface area contributed by atoms with E-state index in [1.165, 1.54) is 4.31 Å². The van der Waals surface area contributed by atoms with Gasteiger partial charge >= 0.3 is 5.97 Å². The molecule has 0 aliphatic heterocycles. The third kappa shape index (κ3) is 4.76. The Morgan fingerprint density at radius 1 is 0.971 bits per heavy atom. The molecule has 1 aliphatic carbocycles. The Balaban J connectivity index is 1.63. The van der Waals surface area contributed by atoms with Crippen molar-refractivity contribution in [1.29, 1.82) is 0 Å². The highest BCUT2D eigenvalue weighted by atomic mass is 32.2. The predicted molar refractivity (Wildman–Crippen MR) is 134 cm³/mol. The summed E-state index contributed by atoms with van der Waals surface area (Å²) in [4.78, 5) is 13.0. The van der Waals surface area contributed by atoms with Gasteiger partial charge in [0.05, 0.1) is 10.5 Å². The van der Waals surface area contributed by atoms with Crippen LogP contribution in [0, 0.1) is 12.3 Å². The van der Waals surface area contributed by atoms with Crippen LogP contribution < -0.4 is 0 Å². The number of aryl methyl sites for hydroxylation is 1. The zero-order valence-corrected chi connectivity index (χ0v) is 21.0. The zero-order valence-electron chi connectivity index (χ0n) is 20.2. The molecule has 7 heteroatoms. The lowest BCUT2D eigenvalue weighted by molar-refractivity contribution is -0.199. The van der Waals surface area contributed by atoms with Crippen molar-refractivity contribution in [2.45, 2.75) is 50.3 Å². The number of benzene rings is 3. The summed E-state index contributed by atoms with van der Waals surface area (Å²) in [6.07, 6.45) is 0.168. The molecule has 1 fully saturated rings.